The van der Waals surface area contributed by atoms with E-state index in [2.05, 4.69) is 10.3 Å². The summed E-state index contributed by atoms with van der Waals surface area (Å²) in [6.07, 6.45) is 1.44. The van der Waals surface area contributed by atoms with Crippen molar-refractivity contribution in [2.24, 2.45) is 0 Å². The molecule has 1 aliphatic heterocycles. The molecule has 6 nitrogen and oxygen atoms in total. The van der Waals surface area contributed by atoms with Gasteiger partial charge in [-0.1, -0.05) is 18.2 Å². The Bertz CT molecular complexity index is 1110. The van der Waals surface area contributed by atoms with Crippen LogP contribution in [0.3, 0.4) is 0 Å². The number of aryl methyl sites for hydroxylation is 2. The molecule has 1 unspecified atom stereocenters. The van der Waals surface area contributed by atoms with Crippen LogP contribution in [0, 0.1) is 13.8 Å². The van der Waals surface area contributed by atoms with E-state index in [1.807, 2.05) is 61.7 Å². The number of likely N-dealkylation sites (tertiary alicyclic amines) is 1. The number of methoxy groups -OCH3 is 1. The quantitative estimate of drug-likeness (QED) is 0.632. The van der Waals surface area contributed by atoms with Gasteiger partial charge in [-0.05, 0) is 56.5 Å². The number of aromatic nitrogens is 1. The van der Waals surface area contributed by atoms with Crippen LogP contribution in [0.1, 0.15) is 34.5 Å². The largest absolute Gasteiger partial charge is 0.495 e. The van der Waals surface area contributed by atoms with Crippen LogP contribution in [-0.4, -0.2) is 41.4 Å². The summed E-state index contributed by atoms with van der Waals surface area (Å²) in [5.41, 5.74) is 4.18. The fourth-order valence-electron chi connectivity index (χ4n) is 3.83. The van der Waals surface area contributed by atoms with E-state index < -0.39 is 6.04 Å². The molecular weight excluding hydrogens is 410 g/mol. The van der Waals surface area contributed by atoms with Gasteiger partial charge in [0.05, 0.1) is 12.8 Å². The molecular formula is C24H25N3O3S. The lowest BCUT2D eigenvalue weighted by atomic mass is 10.1. The predicted octanol–water partition coefficient (Wildman–Crippen LogP) is 4.68. The molecule has 1 aliphatic rings. The summed E-state index contributed by atoms with van der Waals surface area (Å²) in [5, 5.41) is 5.89. The highest BCUT2D eigenvalue weighted by molar-refractivity contribution is 7.13. The second-order valence-corrected chi connectivity index (χ2v) is 8.58. The van der Waals surface area contributed by atoms with Gasteiger partial charge in [0, 0.05) is 28.7 Å². The molecule has 1 saturated heterocycles. The van der Waals surface area contributed by atoms with Crippen LogP contribution in [0.15, 0.2) is 47.8 Å². The molecule has 0 saturated carbocycles. The smallest absolute Gasteiger partial charge is 0.254 e. The number of carbonyl (C=O) groups excluding carboxylic acids is 2. The summed E-state index contributed by atoms with van der Waals surface area (Å²) >= 11 is 1.58. The maximum absolute atomic E-state index is 13.2. The molecule has 2 aromatic carbocycles. The van der Waals surface area contributed by atoms with Gasteiger partial charge in [-0.25, -0.2) is 4.98 Å². The monoisotopic (exact) mass is 435 g/mol. The van der Waals surface area contributed by atoms with Crippen molar-refractivity contribution in [2.75, 3.05) is 19.0 Å². The molecule has 0 aliphatic carbocycles. The Labute approximate surface area is 185 Å². The van der Waals surface area contributed by atoms with Crippen LogP contribution >= 0.6 is 11.3 Å². The van der Waals surface area contributed by atoms with Gasteiger partial charge in [0.15, 0.2) is 0 Å². The van der Waals surface area contributed by atoms with E-state index in [0.717, 1.165) is 28.2 Å². The summed E-state index contributed by atoms with van der Waals surface area (Å²) in [6.45, 7) is 4.48. The number of hydrogen-bond donors (Lipinski definition) is 1. The number of carbonyl (C=O) groups is 2. The van der Waals surface area contributed by atoms with Gasteiger partial charge in [-0.15, -0.1) is 11.3 Å². The van der Waals surface area contributed by atoms with Gasteiger partial charge in [0.2, 0.25) is 5.91 Å². The highest BCUT2D eigenvalue weighted by atomic mass is 32.1. The van der Waals surface area contributed by atoms with Gasteiger partial charge in [-0.3, -0.25) is 9.59 Å². The SMILES string of the molecule is COc1ccc(C)cc1NC(=O)C1CCCN1C(=O)c1ccc(-c2nc(C)cs2)cc1. The zero-order chi connectivity index (χ0) is 22.0. The number of amides is 2. The molecule has 1 N–H and O–H groups in total. The Balaban J connectivity index is 1.49. The maximum Gasteiger partial charge on any atom is 0.254 e. The summed E-state index contributed by atoms with van der Waals surface area (Å²) in [5.74, 6) is 0.281. The summed E-state index contributed by atoms with van der Waals surface area (Å²) < 4.78 is 5.36. The molecule has 4 rings (SSSR count). The molecule has 31 heavy (non-hydrogen) atoms. The molecule has 0 bridgehead atoms. The Hall–Kier alpha value is -3.19. The Morgan fingerprint density at radius 2 is 1.94 bits per heavy atom. The van der Waals surface area contributed by atoms with E-state index in [4.69, 9.17) is 4.74 Å². The van der Waals surface area contributed by atoms with Crippen LogP contribution in [0.4, 0.5) is 5.69 Å². The third-order valence-corrected chi connectivity index (χ3v) is 6.44. The predicted molar refractivity (Wildman–Crippen MR) is 123 cm³/mol. The van der Waals surface area contributed by atoms with Gasteiger partial charge < -0.3 is 15.0 Å². The minimum Gasteiger partial charge on any atom is -0.495 e. The average Bonchev–Trinajstić information content (AvgIpc) is 3.43. The zero-order valence-corrected chi connectivity index (χ0v) is 18.7. The van der Waals surface area contributed by atoms with Crippen molar-refractivity contribution in [3.63, 3.8) is 0 Å². The lowest BCUT2D eigenvalue weighted by Crippen LogP contribution is -2.43. The van der Waals surface area contributed by atoms with Crippen LogP contribution < -0.4 is 10.1 Å². The van der Waals surface area contributed by atoms with Gasteiger partial charge >= 0.3 is 0 Å². The van der Waals surface area contributed by atoms with Crippen LogP contribution in [0.25, 0.3) is 10.6 Å². The minimum absolute atomic E-state index is 0.129. The molecule has 3 aromatic rings. The molecule has 1 atom stereocenters. The molecule has 160 valence electrons. The number of rotatable bonds is 5. The normalized spacial score (nSPS) is 15.7. The van der Waals surface area contributed by atoms with Crippen molar-refractivity contribution >= 4 is 28.8 Å². The minimum atomic E-state index is -0.501. The number of nitrogens with zero attached hydrogens (tertiary/aromatic N) is 2. The average molecular weight is 436 g/mol. The van der Waals surface area contributed by atoms with E-state index in [1.165, 1.54) is 0 Å². The highest BCUT2D eigenvalue weighted by Crippen LogP contribution is 2.28. The maximum atomic E-state index is 13.2. The summed E-state index contributed by atoms with van der Waals surface area (Å²) in [4.78, 5) is 32.3. The molecule has 0 radical (unpaired) electrons. The standard InChI is InChI=1S/C24H25N3O3S/c1-15-6-11-21(30-3)19(13-15)26-22(28)20-5-4-12-27(20)24(29)18-9-7-17(8-10-18)23-25-16(2)14-31-23/h6-11,13-14,20H,4-5,12H2,1-3H3,(H,26,28). The Morgan fingerprint density at radius 3 is 2.61 bits per heavy atom. The number of ether oxygens (including phenoxy) is 1. The van der Waals surface area contributed by atoms with Gasteiger partial charge in [-0.2, -0.15) is 0 Å². The van der Waals surface area contributed by atoms with Crippen molar-refractivity contribution in [2.45, 2.75) is 32.7 Å². The first-order valence-electron chi connectivity index (χ1n) is 10.3. The van der Waals surface area contributed by atoms with Crippen LogP contribution in [-0.2, 0) is 4.79 Å². The molecule has 2 amide bonds. The second kappa shape index (κ2) is 8.89. The molecule has 1 aromatic heterocycles. The molecule has 1 fully saturated rings. The van der Waals surface area contributed by atoms with Gasteiger partial charge in [0.25, 0.3) is 5.91 Å². The fraction of sp³-hybridized carbons (Fsp3) is 0.292. The van der Waals surface area contributed by atoms with Crippen molar-refractivity contribution in [3.05, 3.63) is 64.7 Å². The van der Waals surface area contributed by atoms with Crippen LogP contribution in [0.2, 0.25) is 0 Å². The zero-order valence-electron chi connectivity index (χ0n) is 17.8. The topological polar surface area (TPSA) is 71.5 Å². The lowest BCUT2D eigenvalue weighted by molar-refractivity contribution is -0.119. The summed E-state index contributed by atoms with van der Waals surface area (Å²) in [7, 11) is 1.57. The van der Waals surface area contributed by atoms with Crippen LogP contribution in [0.5, 0.6) is 5.75 Å². The first kappa shape index (κ1) is 21.1. The van der Waals surface area contributed by atoms with E-state index >= 15 is 0 Å². The third kappa shape index (κ3) is 4.46. The molecule has 0 spiro atoms. The number of anilines is 1. The number of hydrogen-bond acceptors (Lipinski definition) is 5. The number of benzene rings is 2. The molecule has 2 heterocycles. The second-order valence-electron chi connectivity index (χ2n) is 7.72. The van der Waals surface area contributed by atoms with E-state index in [9.17, 15) is 9.59 Å². The van der Waals surface area contributed by atoms with Crippen molar-refractivity contribution in [3.8, 4) is 16.3 Å². The number of thiazole rings is 1. The number of nitrogens with one attached hydrogen (secondary N) is 1. The van der Waals surface area contributed by atoms with Crippen molar-refractivity contribution in [1.82, 2.24) is 9.88 Å². The van der Waals surface area contributed by atoms with Gasteiger partial charge in [0.1, 0.15) is 16.8 Å². The molecule has 7 heteroatoms. The Kier molecular flexibility index (Phi) is 6.04. The van der Waals surface area contributed by atoms with Crippen molar-refractivity contribution < 1.29 is 14.3 Å². The summed E-state index contributed by atoms with van der Waals surface area (Å²) in [6, 6.07) is 12.6. The first-order valence-corrected chi connectivity index (χ1v) is 11.1. The Morgan fingerprint density at radius 1 is 1.16 bits per heavy atom. The highest BCUT2D eigenvalue weighted by Gasteiger charge is 2.34. The third-order valence-electron chi connectivity index (χ3n) is 5.43. The van der Waals surface area contributed by atoms with E-state index in [-0.39, 0.29) is 11.8 Å². The lowest BCUT2D eigenvalue weighted by Gasteiger charge is -2.24. The first-order chi connectivity index (χ1) is 15.0. The fourth-order valence-corrected chi connectivity index (χ4v) is 4.63. The van der Waals surface area contributed by atoms with E-state index in [0.29, 0.717) is 30.0 Å². The van der Waals surface area contributed by atoms with Crippen molar-refractivity contribution in [1.29, 1.82) is 0 Å². The van der Waals surface area contributed by atoms with E-state index in [1.54, 1.807) is 23.3 Å².